The SMILES string of the molecule is NC(=O)Cc1ccccc1CCc1nc(NC2=C(O)C=C(C3CCNCC3)CC2)ncc1C(F)(F)F. The second-order valence-corrected chi connectivity index (χ2v) is 9.20. The Labute approximate surface area is 207 Å². The van der Waals surface area contributed by atoms with Crippen molar-refractivity contribution in [3.63, 3.8) is 0 Å². The van der Waals surface area contributed by atoms with Gasteiger partial charge in [0.2, 0.25) is 11.9 Å². The first-order chi connectivity index (χ1) is 17.2. The molecule has 4 rings (SSSR count). The van der Waals surface area contributed by atoms with Crippen LogP contribution in [-0.4, -0.2) is 34.1 Å². The zero-order valence-corrected chi connectivity index (χ0v) is 19.9. The number of carbonyl (C=O) groups is 1. The van der Waals surface area contributed by atoms with Crippen molar-refractivity contribution in [3.05, 3.63) is 76.0 Å². The summed E-state index contributed by atoms with van der Waals surface area (Å²) < 4.78 is 41.0. The third-order valence-electron chi connectivity index (χ3n) is 6.71. The van der Waals surface area contributed by atoms with E-state index in [4.69, 9.17) is 5.73 Å². The van der Waals surface area contributed by atoms with Gasteiger partial charge in [0, 0.05) is 6.20 Å². The molecular weight excluding hydrogens is 471 g/mol. The van der Waals surface area contributed by atoms with E-state index in [1.54, 1.807) is 30.3 Å². The maximum Gasteiger partial charge on any atom is 0.419 e. The summed E-state index contributed by atoms with van der Waals surface area (Å²) in [6, 6.07) is 7.02. The van der Waals surface area contributed by atoms with Gasteiger partial charge in [-0.05, 0) is 74.7 Å². The Morgan fingerprint density at radius 3 is 2.53 bits per heavy atom. The lowest BCUT2D eigenvalue weighted by atomic mass is 9.84. The lowest BCUT2D eigenvalue weighted by Gasteiger charge is -2.28. The van der Waals surface area contributed by atoms with E-state index in [9.17, 15) is 23.1 Å². The summed E-state index contributed by atoms with van der Waals surface area (Å²) in [6.45, 7) is 1.90. The number of aromatic nitrogens is 2. The number of piperidine rings is 1. The van der Waals surface area contributed by atoms with Gasteiger partial charge in [-0.1, -0.05) is 29.8 Å². The van der Waals surface area contributed by atoms with Gasteiger partial charge >= 0.3 is 6.18 Å². The second-order valence-electron chi connectivity index (χ2n) is 9.20. The van der Waals surface area contributed by atoms with Gasteiger partial charge in [-0.15, -0.1) is 0 Å². The van der Waals surface area contributed by atoms with E-state index in [0.29, 0.717) is 23.6 Å². The lowest BCUT2D eigenvalue weighted by Crippen LogP contribution is -2.29. The Morgan fingerprint density at radius 1 is 1.14 bits per heavy atom. The van der Waals surface area contributed by atoms with E-state index in [1.165, 1.54) is 5.57 Å². The minimum absolute atomic E-state index is 0.00341. The van der Waals surface area contributed by atoms with Crippen molar-refractivity contribution in [1.29, 1.82) is 0 Å². The van der Waals surface area contributed by atoms with Crippen molar-refractivity contribution in [3.8, 4) is 0 Å². The summed E-state index contributed by atoms with van der Waals surface area (Å²) in [7, 11) is 0. The first-order valence-corrected chi connectivity index (χ1v) is 12.1. The van der Waals surface area contributed by atoms with E-state index in [1.807, 2.05) is 0 Å². The Morgan fingerprint density at radius 2 is 1.86 bits per heavy atom. The van der Waals surface area contributed by atoms with Gasteiger partial charge in [0.25, 0.3) is 0 Å². The van der Waals surface area contributed by atoms with Crippen molar-refractivity contribution < 1.29 is 23.1 Å². The van der Waals surface area contributed by atoms with Crippen molar-refractivity contribution in [1.82, 2.24) is 15.3 Å². The van der Waals surface area contributed by atoms with Crippen molar-refractivity contribution >= 4 is 11.9 Å². The molecule has 1 aromatic carbocycles. The predicted octanol–water partition coefficient (Wildman–Crippen LogP) is 4.21. The van der Waals surface area contributed by atoms with Crippen molar-refractivity contribution in [2.75, 3.05) is 18.4 Å². The number of aliphatic hydroxyl groups is 1. The molecule has 36 heavy (non-hydrogen) atoms. The molecule has 2 heterocycles. The van der Waals surface area contributed by atoms with Crippen LogP contribution >= 0.6 is 0 Å². The number of hydrogen-bond donors (Lipinski definition) is 4. The number of rotatable bonds is 8. The number of amides is 1. The minimum atomic E-state index is -4.61. The van der Waals surface area contributed by atoms with Gasteiger partial charge in [0.1, 0.15) is 5.76 Å². The number of nitrogens with zero attached hydrogens (tertiary/aromatic N) is 2. The highest BCUT2D eigenvalue weighted by atomic mass is 19.4. The van der Waals surface area contributed by atoms with Crippen LogP contribution in [0.4, 0.5) is 19.1 Å². The Bertz CT molecular complexity index is 1170. The molecule has 1 saturated heterocycles. The number of hydrogen-bond acceptors (Lipinski definition) is 6. The van der Waals surface area contributed by atoms with E-state index in [0.717, 1.165) is 44.1 Å². The summed E-state index contributed by atoms with van der Waals surface area (Å²) in [5.41, 5.74) is 7.35. The lowest BCUT2D eigenvalue weighted by molar-refractivity contribution is -0.138. The number of aliphatic hydroxyl groups excluding tert-OH is 1. The fraction of sp³-hybridized carbons (Fsp3) is 0.423. The first kappa shape index (κ1) is 25.7. The van der Waals surface area contributed by atoms with Crippen LogP contribution in [0.1, 0.15) is 48.1 Å². The van der Waals surface area contributed by atoms with Gasteiger partial charge in [-0.3, -0.25) is 4.79 Å². The number of benzene rings is 1. The molecule has 5 N–H and O–H groups in total. The van der Waals surface area contributed by atoms with Crippen LogP contribution in [0.2, 0.25) is 0 Å². The van der Waals surface area contributed by atoms with Crippen LogP contribution < -0.4 is 16.4 Å². The molecule has 1 aliphatic heterocycles. The van der Waals surface area contributed by atoms with Gasteiger partial charge in [-0.25, -0.2) is 9.97 Å². The van der Waals surface area contributed by atoms with Gasteiger partial charge in [0.05, 0.1) is 23.4 Å². The average Bonchev–Trinajstić information content (AvgIpc) is 2.84. The molecule has 2 aromatic rings. The van der Waals surface area contributed by atoms with Crippen LogP contribution in [0.3, 0.4) is 0 Å². The third-order valence-corrected chi connectivity index (χ3v) is 6.71. The van der Waals surface area contributed by atoms with Crippen LogP contribution in [-0.2, 0) is 30.2 Å². The smallest absolute Gasteiger partial charge is 0.419 e. The first-order valence-electron chi connectivity index (χ1n) is 12.1. The highest BCUT2D eigenvalue weighted by molar-refractivity contribution is 5.77. The highest BCUT2D eigenvalue weighted by Crippen LogP contribution is 2.34. The maximum atomic E-state index is 13.7. The number of aryl methyl sites for hydroxylation is 2. The molecule has 1 aromatic heterocycles. The summed E-state index contributed by atoms with van der Waals surface area (Å²) >= 11 is 0. The molecule has 1 amide bonds. The van der Waals surface area contributed by atoms with E-state index in [-0.39, 0.29) is 36.7 Å². The predicted molar refractivity (Wildman–Crippen MR) is 130 cm³/mol. The van der Waals surface area contributed by atoms with Crippen molar-refractivity contribution in [2.24, 2.45) is 11.7 Å². The van der Waals surface area contributed by atoms with Crippen LogP contribution in [0, 0.1) is 5.92 Å². The molecule has 0 spiro atoms. The topological polar surface area (TPSA) is 113 Å². The number of primary amides is 1. The molecule has 1 aliphatic carbocycles. The Hall–Kier alpha value is -3.40. The summed E-state index contributed by atoms with van der Waals surface area (Å²) in [5.74, 6) is -0.00455. The minimum Gasteiger partial charge on any atom is -0.506 e. The summed E-state index contributed by atoms with van der Waals surface area (Å²) in [4.78, 5) is 19.4. The third kappa shape index (κ3) is 6.42. The molecule has 192 valence electrons. The highest BCUT2D eigenvalue weighted by Gasteiger charge is 2.35. The monoisotopic (exact) mass is 501 g/mol. The standard InChI is InChI=1S/C26H30F3N5O2/c27-26(28,29)20-15-32-25(33-21(20)7-5-16-3-1-2-4-18(16)14-24(30)36)34-22-8-6-19(13-23(22)35)17-9-11-31-12-10-17/h1-4,13,15,17,31,35H,5-12,14H2,(H2,30,36)(H,32,33,34). The number of anilines is 1. The number of alkyl halides is 3. The number of carbonyl (C=O) groups excluding carboxylic acids is 1. The molecule has 0 radical (unpaired) electrons. The molecular formula is C26H30F3N5O2. The maximum absolute atomic E-state index is 13.7. The van der Waals surface area contributed by atoms with Crippen LogP contribution in [0.5, 0.6) is 0 Å². The number of nitrogens with one attached hydrogen (secondary N) is 2. The zero-order valence-electron chi connectivity index (χ0n) is 19.9. The van der Waals surface area contributed by atoms with E-state index >= 15 is 0 Å². The van der Waals surface area contributed by atoms with E-state index < -0.39 is 17.6 Å². The normalized spacial score (nSPS) is 17.1. The molecule has 10 heteroatoms. The molecule has 0 unspecified atom stereocenters. The van der Waals surface area contributed by atoms with Gasteiger partial charge in [0.15, 0.2) is 0 Å². The fourth-order valence-corrected chi connectivity index (χ4v) is 4.83. The fourth-order valence-electron chi connectivity index (χ4n) is 4.83. The number of allylic oxidation sites excluding steroid dienone is 3. The molecule has 1 fully saturated rings. The van der Waals surface area contributed by atoms with Crippen LogP contribution in [0.15, 0.2) is 53.6 Å². The largest absolute Gasteiger partial charge is 0.506 e. The molecule has 0 atom stereocenters. The number of halogens is 3. The average molecular weight is 502 g/mol. The van der Waals surface area contributed by atoms with Crippen molar-refractivity contribution in [2.45, 2.75) is 51.1 Å². The second kappa shape index (κ2) is 11.1. The molecule has 0 saturated carbocycles. The summed E-state index contributed by atoms with van der Waals surface area (Å²) in [5, 5.41) is 16.8. The summed E-state index contributed by atoms with van der Waals surface area (Å²) in [6.07, 6.45) is 1.53. The molecule has 7 nitrogen and oxygen atoms in total. The van der Waals surface area contributed by atoms with Gasteiger partial charge in [-0.2, -0.15) is 13.2 Å². The van der Waals surface area contributed by atoms with Gasteiger partial charge < -0.3 is 21.5 Å². The number of nitrogens with two attached hydrogens (primary N) is 1. The molecule has 0 bridgehead atoms. The molecule has 2 aliphatic rings. The van der Waals surface area contributed by atoms with E-state index in [2.05, 4.69) is 20.6 Å². The zero-order chi connectivity index (χ0) is 25.7. The quantitative estimate of drug-likeness (QED) is 0.431. The Balaban J connectivity index is 1.54. The Kier molecular flexibility index (Phi) is 7.93. The van der Waals surface area contributed by atoms with Crippen LogP contribution in [0.25, 0.3) is 0 Å².